The molecule has 0 unspecified atom stereocenters. The molecular weight excluding hydrogens is 1030 g/mol. The summed E-state index contributed by atoms with van der Waals surface area (Å²) in [6.07, 6.45) is 15.7. The minimum absolute atomic E-state index is 0.0520. The van der Waals surface area contributed by atoms with Gasteiger partial charge < -0.3 is 19.6 Å². The number of rotatable bonds is 16. The van der Waals surface area contributed by atoms with Crippen molar-refractivity contribution in [2.24, 2.45) is 0 Å². The van der Waals surface area contributed by atoms with Gasteiger partial charge in [0.15, 0.2) is 75.8 Å². The molecule has 0 spiro atoms. The predicted molar refractivity (Wildman–Crippen MR) is 273 cm³/mol. The van der Waals surface area contributed by atoms with E-state index in [9.17, 15) is 58.7 Å². The van der Waals surface area contributed by atoms with Crippen LogP contribution >= 0.6 is 43.1 Å². The second-order valence-electron chi connectivity index (χ2n) is 17.4. The lowest BCUT2D eigenvalue weighted by atomic mass is 9.92. The molecule has 5 aromatic heterocycles. The van der Waals surface area contributed by atoms with E-state index in [1.807, 2.05) is 116 Å². The summed E-state index contributed by atoms with van der Waals surface area (Å²) >= 11 is 1.62. The first-order valence-corrected chi connectivity index (χ1v) is 29.7. The second-order valence-corrected chi connectivity index (χ2v) is 24.8. The SMILES string of the molecule is [O-][P+](O)(O)c1ccc(C[n+]2ccc(-c3sc(-c4cc[n+](Cc5ccc([P+]([O-])(O)O)cc5)cc4)c(-c4cc[n+](Cc5ccc([P+]([O-])(O)O)cc5)cc4)c3-c3cc[n+](Cc4ccc([P+]([O-])(O)O)cc4)cc3)cc2)cc1. The summed E-state index contributed by atoms with van der Waals surface area (Å²) in [4.78, 5) is 126. The standard InChI is InChI=1S/C52H44N4O12P4S/c57-69(58,59)45-9-1-37(2-10-45)33-53-25-17-41(18-26-53)49-50(42-19-27-54(28-20-42)34-38-3-11-46(12-4-38)70(60,61)62)52(44-23-31-56(32-24-44)36-40-7-15-48(16-8-40)72(66,67)68)73-51(49)43-21-29-55(30-22-43)35-39-5-13-47(14-6-39)71(63,64)65/h1-32H,33-36H2,(H4-4,57,58,59,60,61,62,63,64,65,66,67,68)/p+4. The zero-order valence-electron chi connectivity index (χ0n) is 38.5. The highest BCUT2D eigenvalue weighted by Crippen LogP contribution is 2.51. The van der Waals surface area contributed by atoms with Crippen LogP contribution in [0.4, 0.5) is 0 Å². The molecule has 5 heterocycles. The van der Waals surface area contributed by atoms with Crippen LogP contribution in [-0.2, 0) is 26.2 Å². The van der Waals surface area contributed by atoms with E-state index in [4.69, 9.17) is 0 Å². The van der Waals surface area contributed by atoms with Crippen LogP contribution in [0.5, 0.6) is 0 Å². The summed E-state index contributed by atoms with van der Waals surface area (Å²) in [5.41, 5.74) is 8.99. The van der Waals surface area contributed by atoms with Gasteiger partial charge in [-0.3, -0.25) is 0 Å². The molecule has 21 heteroatoms. The first-order chi connectivity index (χ1) is 34.6. The van der Waals surface area contributed by atoms with Gasteiger partial charge in [0.1, 0.15) is 21.2 Å². The summed E-state index contributed by atoms with van der Waals surface area (Å²) in [6, 6.07) is 41.3. The quantitative estimate of drug-likeness (QED) is 0.0491. The third-order valence-electron chi connectivity index (χ3n) is 12.1. The van der Waals surface area contributed by atoms with Crippen LogP contribution in [0.25, 0.3) is 43.1 Å². The zero-order valence-corrected chi connectivity index (χ0v) is 42.9. The molecule has 0 amide bonds. The topological polar surface area (TPSA) is 270 Å². The molecule has 0 bridgehead atoms. The van der Waals surface area contributed by atoms with E-state index in [2.05, 4.69) is 0 Å². The third kappa shape index (κ3) is 12.9. The number of hydrogen-bond donors (Lipinski definition) is 8. The van der Waals surface area contributed by atoms with Crippen molar-refractivity contribution >= 4 is 64.3 Å². The Balaban J connectivity index is 1.12. The van der Waals surface area contributed by atoms with Crippen molar-refractivity contribution in [1.82, 2.24) is 0 Å². The monoisotopic (exact) mass is 1080 g/mol. The van der Waals surface area contributed by atoms with Gasteiger partial charge in [-0.05, 0) is 108 Å². The molecule has 0 atom stereocenters. The van der Waals surface area contributed by atoms with E-state index in [1.165, 1.54) is 48.5 Å². The Morgan fingerprint density at radius 1 is 0.288 bits per heavy atom. The average molecular weight is 1080 g/mol. The van der Waals surface area contributed by atoms with E-state index >= 15 is 0 Å². The lowest BCUT2D eigenvalue weighted by Crippen LogP contribution is -2.33. The second kappa shape index (κ2) is 21.3. The third-order valence-corrected chi connectivity index (χ3v) is 17.3. The maximum absolute atomic E-state index is 11.8. The maximum atomic E-state index is 11.8. The molecule has 370 valence electrons. The van der Waals surface area contributed by atoms with Gasteiger partial charge in [-0.2, -0.15) is 0 Å². The molecule has 9 aromatic rings. The van der Waals surface area contributed by atoms with Crippen molar-refractivity contribution in [2.45, 2.75) is 26.2 Å². The largest absolute Gasteiger partial charge is 0.627 e. The van der Waals surface area contributed by atoms with Gasteiger partial charge in [0.2, 0.25) is 0 Å². The summed E-state index contributed by atoms with van der Waals surface area (Å²) in [5.74, 6) is 0. The van der Waals surface area contributed by atoms with Crippen LogP contribution in [0.3, 0.4) is 0 Å². The van der Waals surface area contributed by atoms with Gasteiger partial charge in [-0.25, -0.2) is 57.4 Å². The maximum Gasteiger partial charge on any atom is 0.263 e. The van der Waals surface area contributed by atoms with Gasteiger partial charge in [0, 0.05) is 103 Å². The van der Waals surface area contributed by atoms with Crippen LogP contribution in [-0.4, -0.2) is 39.1 Å². The van der Waals surface area contributed by atoms with Crippen LogP contribution in [0.15, 0.2) is 195 Å². The van der Waals surface area contributed by atoms with E-state index in [0.717, 1.165) is 65.4 Å². The van der Waals surface area contributed by atoms with Crippen LogP contribution < -0.4 is 59.1 Å². The smallest absolute Gasteiger partial charge is 0.263 e. The lowest BCUT2D eigenvalue weighted by Gasteiger charge is -2.14. The number of aromatic nitrogens is 4. The zero-order chi connectivity index (χ0) is 51.7. The minimum atomic E-state index is -4.40. The molecule has 0 fully saturated rings. The van der Waals surface area contributed by atoms with Gasteiger partial charge in [0.25, 0.3) is 31.8 Å². The Morgan fingerprint density at radius 2 is 0.479 bits per heavy atom. The molecule has 0 saturated heterocycles. The van der Waals surface area contributed by atoms with E-state index in [1.54, 1.807) is 59.9 Å². The number of pyridine rings is 4. The van der Waals surface area contributed by atoms with Gasteiger partial charge in [0.05, 0.1) is 0 Å². The van der Waals surface area contributed by atoms with Crippen molar-refractivity contribution in [1.29, 1.82) is 0 Å². The number of hydrogen-bond acceptors (Lipinski definition) is 13. The van der Waals surface area contributed by atoms with Crippen molar-refractivity contribution in [3.05, 3.63) is 217 Å². The number of benzene rings is 4. The number of nitrogens with zero attached hydrogens (tertiary/aromatic N) is 4. The Hall–Kier alpha value is -5.58. The fraction of sp³-hybridized carbons (Fsp3) is 0.0769. The van der Waals surface area contributed by atoms with Crippen LogP contribution in [0.1, 0.15) is 22.3 Å². The van der Waals surface area contributed by atoms with Crippen molar-refractivity contribution in [3.8, 4) is 43.1 Å². The minimum Gasteiger partial charge on any atom is -0.627 e. The fourth-order valence-corrected chi connectivity index (χ4v) is 11.8. The van der Waals surface area contributed by atoms with E-state index < -0.39 is 31.8 Å². The highest BCUT2D eigenvalue weighted by molar-refractivity contribution is 7.66. The molecule has 8 N–H and O–H groups in total. The fourth-order valence-electron chi connectivity index (χ4n) is 8.30. The first-order valence-electron chi connectivity index (χ1n) is 22.4. The predicted octanol–water partition coefficient (Wildman–Crippen LogP) is 0.691. The van der Waals surface area contributed by atoms with Crippen molar-refractivity contribution in [2.75, 3.05) is 0 Å². The van der Waals surface area contributed by atoms with Gasteiger partial charge >= 0.3 is 0 Å². The molecule has 73 heavy (non-hydrogen) atoms. The normalized spacial score (nSPS) is 12.3. The lowest BCUT2D eigenvalue weighted by molar-refractivity contribution is -0.688. The molecule has 0 aliphatic rings. The number of thiophene rings is 1. The molecule has 0 saturated carbocycles. The van der Waals surface area contributed by atoms with Gasteiger partial charge in [-0.1, -0.05) is 0 Å². The molecule has 16 nitrogen and oxygen atoms in total. The highest BCUT2D eigenvalue weighted by atomic mass is 32.1. The Kier molecular flexibility index (Phi) is 15.3. The molecule has 4 aromatic carbocycles. The molecular formula is C52H48N4O12P4S+4. The average Bonchev–Trinajstić information content (AvgIpc) is 3.75. The Labute approximate surface area is 426 Å². The summed E-state index contributed by atoms with van der Waals surface area (Å²) in [7, 11) is -17.6. The van der Waals surface area contributed by atoms with E-state index in [-0.39, 0.29) is 21.2 Å². The molecule has 0 aliphatic carbocycles. The first kappa shape index (κ1) is 52.3. The van der Waals surface area contributed by atoms with Crippen LogP contribution in [0.2, 0.25) is 0 Å². The van der Waals surface area contributed by atoms with Crippen molar-refractivity contribution < 1.29 is 77.0 Å². The van der Waals surface area contributed by atoms with Gasteiger partial charge in [-0.15, -0.1) is 11.3 Å². The summed E-state index contributed by atoms with van der Waals surface area (Å²) < 4.78 is 7.92. The molecule has 0 aliphatic heterocycles. The highest BCUT2D eigenvalue weighted by Gasteiger charge is 2.28. The van der Waals surface area contributed by atoms with Crippen LogP contribution in [0, 0.1) is 0 Å². The summed E-state index contributed by atoms with van der Waals surface area (Å²) in [6.45, 7) is 1.78. The molecule has 0 radical (unpaired) electrons. The van der Waals surface area contributed by atoms with E-state index in [0.29, 0.717) is 26.2 Å². The summed E-state index contributed by atoms with van der Waals surface area (Å²) in [5, 5.41) is -0.215. The Bertz CT molecular complexity index is 3100. The molecule has 9 rings (SSSR count). The Morgan fingerprint density at radius 3 is 0.671 bits per heavy atom. The van der Waals surface area contributed by atoms with Crippen molar-refractivity contribution in [3.63, 3.8) is 0 Å².